The van der Waals surface area contributed by atoms with Gasteiger partial charge in [0.25, 0.3) is 0 Å². The number of rotatable bonds is 7. The van der Waals surface area contributed by atoms with Crippen LogP contribution in [0.1, 0.15) is 59.8 Å². The summed E-state index contributed by atoms with van der Waals surface area (Å²) < 4.78 is 0. The van der Waals surface area contributed by atoms with E-state index in [1.54, 1.807) is 0 Å². The Balaban J connectivity index is 2.52. The molecule has 0 heterocycles. The Bertz CT molecular complexity index is 426. The molecule has 1 aliphatic rings. The summed E-state index contributed by atoms with van der Waals surface area (Å²) in [5.74, 6) is -1.08. The standard InChI is InChI=1S/C17H30N2O4/c1-10(2)9-14(20)19-15(11(3)4)16(21)18-13-7-5-12(6-8-13)17(22)23/h10-13,15H,5-9H2,1-4H3,(H,18,21)(H,19,20)(H,22,23). The summed E-state index contributed by atoms with van der Waals surface area (Å²) in [6.07, 6.45) is 2.93. The summed E-state index contributed by atoms with van der Waals surface area (Å²) in [6.45, 7) is 7.73. The van der Waals surface area contributed by atoms with Crippen LogP contribution in [0.4, 0.5) is 0 Å². The molecule has 0 radical (unpaired) electrons. The van der Waals surface area contributed by atoms with E-state index in [9.17, 15) is 14.4 Å². The molecule has 0 saturated heterocycles. The van der Waals surface area contributed by atoms with Gasteiger partial charge in [-0.15, -0.1) is 0 Å². The smallest absolute Gasteiger partial charge is 0.306 e. The van der Waals surface area contributed by atoms with Gasteiger partial charge in [0.1, 0.15) is 6.04 Å². The Hall–Kier alpha value is -1.59. The zero-order valence-electron chi connectivity index (χ0n) is 14.6. The number of hydrogen-bond donors (Lipinski definition) is 3. The van der Waals surface area contributed by atoms with Gasteiger partial charge in [-0.3, -0.25) is 14.4 Å². The normalized spacial score (nSPS) is 22.7. The van der Waals surface area contributed by atoms with Gasteiger partial charge in [0.15, 0.2) is 0 Å². The van der Waals surface area contributed by atoms with Crippen molar-refractivity contribution in [1.82, 2.24) is 10.6 Å². The van der Waals surface area contributed by atoms with E-state index in [1.165, 1.54) is 0 Å². The highest BCUT2D eigenvalue weighted by Gasteiger charge is 2.30. The number of carbonyl (C=O) groups excluding carboxylic acids is 2. The fraction of sp³-hybridized carbons (Fsp3) is 0.824. The number of carboxylic acid groups (broad SMARTS) is 1. The summed E-state index contributed by atoms with van der Waals surface area (Å²) in [5.41, 5.74) is 0. The second-order valence-corrected chi connectivity index (χ2v) is 7.28. The van der Waals surface area contributed by atoms with E-state index in [-0.39, 0.29) is 35.6 Å². The van der Waals surface area contributed by atoms with Gasteiger partial charge in [0, 0.05) is 12.5 Å². The number of aliphatic carboxylic acids is 1. The van der Waals surface area contributed by atoms with Crippen LogP contribution in [-0.2, 0) is 14.4 Å². The van der Waals surface area contributed by atoms with Crippen molar-refractivity contribution in [2.24, 2.45) is 17.8 Å². The number of amides is 2. The molecule has 2 amide bonds. The van der Waals surface area contributed by atoms with E-state index in [1.807, 2.05) is 27.7 Å². The molecule has 1 aliphatic carbocycles. The van der Waals surface area contributed by atoms with Crippen LogP contribution in [0, 0.1) is 17.8 Å². The van der Waals surface area contributed by atoms with Crippen LogP contribution in [0.15, 0.2) is 0 Å². The Morgan fingerprint density at radius 1 is 1.04 bits per heavy atom. The molecular weight excluding hydrogens is 296 g/mol. The van der Waals surface area contributed by atoms with Crippen LogP contribution < -0.4 is 10.6 Å². The predicted octanol–water partition coefficient (Wildman–Crippen LogP) is 1.93. The minimum absolute atomic E-state index is 0.00125. The molecule has 0 aromatic carbocycles. The molecule has 23 heavy (non-hydrogen) atoms. The van der Waals surface area contributed by atoms with E-state index >= 15 is 0 Å². The molecule has 0 aromatic rings. The number of carbonyl (C=O) groups is 3. The van der Waals surface area contributed by atoms with Crippen LogP contribution in [0.25, 0.3) is 0 Å². The third-order valence-electron chi connectivity index (χ3n) is 4.28. The van der Waals surface area contributed by atoms with Gasteiger partial charge in [-0.05, 0) is 37.5 Å². The van der Waals surface area contributed by atoms with Crippen LogP contribution in [0.3, 0.4) is 0 Å². The van der Waals surface area contributed by atoms with Gasteiger partial charge in [-0.25, -0.2) is 0 Å². The van der Waals surface area contributed by atoms with Crippen molar-refractivity contribution in [2.75, 3.05) is 0 Å². The van der Waals surface area contributed by atoms with Crippen LogP contribution >= 0.6 is 0 Å². The fourth-order valence-corrected chi connectivity index (χ4v) is 2.91. The summed E-state index contributed by atoms with van der Waals surface area (Å²) in [4.78, 5) is 35.3. The number of carboxylic acids is 1. The van der Waals surface area contributed by atoms with Crippen molar-refractivity contribution in [1.29, 1.82) is 0 Å². The summed E-state index contributed by atoms with van der Waals surface area (Å²) in [7, 11) is 0. The van der Waals surface area contributed by atoms with Gasteiger partial charge in [-0.2, -0.15) is 0 Å². The van der Waals surface area contributed by atoms with Gasteiger partial charge < -0.3 is 15.7 Å². The fourth-order valence-electron chi connectivity index (χ4n) is 2.91. The van der Waals surface area contributed by atoms with Gasteiger partial charge in [0.05, 0.1) is 5.92 Å². The van der Waals surface area contributed by atoms with Crippen molar-refractivity contribution in [3.8, 4) is 0 Å². The Labute approximate surface area is 138 Å². The number of hydrogen-bond acceptors (Lipinski definition) is 3. The first kappa shape index (κ1) is 19.5. The lowest BCUT2D eigenvalue weighted by molar-refractivity contribution is -0.143. The first-order chi connectivity index (χ1) is 10.7. The van der Waals surface area contributed by atoms with Gasteiger partial charge in [0.2, 0.25) is 11.8 Å². The Kier molecular flexibility index (Phi) is 7.52. The summed E-state index contributed by atoms with van der Waals surface area (Å²) in [5, 5.41) is 14.8. The SMILES string of the molecule is CC(C)CC(=O)NC(C(=O)NC1CCC(C(=O)O)CC1)C(C)C. The molecule has 1 saturated carbocycles. The van der Waals surface area contributed by atoms with Crippen LogP contribution in [0.2, 0.25) is 0 Å². The van der Waals surface area contributed by atoms with Crippen molar-refractivity contribution >= 4 is 17.8 Å². The van der Waals surface area contributed by atoms with Crippen LogP contribution in [-0.4, -0.2) is 35.0 Å². The van der Waals surface area contributed by atoms with E-state index in [4.69, 9.17) is 5.11 Å². The van der Waals surface area contributed by atoms with Crippen molar-refractivity contribution in [2.45, 2.75) is 71.9 Å². The van der Waals surface area contributed by atoms with Gasteiger partial charge in [-0.1, -0.05) is 27.7 Å². The number of nitrogens with one attached hydrogen (secondary N) is 2. The highest BCUT2D eigenvalue weighted by atomic mass is 16.4. The first-order valence-electron chi connectivity index (χ1n) is 8.53. The summed E-state index contributed by atoms with van der Waals surface area (Å²) in [6, 6.07) is -0.542. The summed E-state index contributed by atoms with van der Waals surface area (Å²) >= 11 is 0. The molecule has 6 heteroatoms. The molecule has 0 aliphatic heterocycles. The molecule has 1 rings (SSSR count). The molecule has 0 bridgehead atoms. The van der Waals surface area contributed by atoms with E-state index in [0.717, 1.165) is 0 Å². The van der Waals surface area contributed by atoms with Crippen molar-refractivity contribution < 1.29 is 19.5 Å². The highest BCUT2D eigenvalue weighted by molar-refractivity contribution is 5.88. The van der Waals surface area contributed by atoms with E-state index in [0.29, 0.717) is 32.1 Å². The maximum atomic E-state index is 12.4. The average Bonchev–Trinajstić information content (AvgIpc) is 2.44. The Morgan fingerprint density at radius 2 is 1.61 bits per heavy atom. The zero-order chi connectivity index (χ0) is 17.6. The second kappa shape index (κ2) is 8.89. The molecule has 1 unspecified atom stereocenters. The molecule has 132 valence electrons. The zero-order valence-corrected chi connectivity index (χ0v) is 14.6. The molecule has 1 atom stereocenters. The van der Waals surface area contributed by atoms with Gasteiger partial charge >= 0.3 is 5.97 Å². The minimum atomic E-state index is -0.754. The highest BCUT2D eigenvalue weighted by Crippen LogP contribution is 2.24. The molecule has 1 fully saturated rings. The molecule has 3 N–H and O–H groups in total. The van der Waals surface area contributed by atoms with E-state index in [2.05, 4.69) is 10.6 Å². The largest absolute Gasteiger partial charge is 0.481 e. The minimum Gasteiger partial charge on any atom is -0.481 e. The topological polar surface area (TPSA) is 95.5 Å². The second-order valence-electron chi connectivity index (χ2n) is 7.28. The third kappa shape index (κ3) is 6.59. The maximum absolute atomic E-state index is 12.4. The lowest BCUT2D eigenvalue weighted by Crippen LogP contribution is -2.52. The molecule has 6 nitrogen and oxygen atoms in total. The van der Waals surface area contributed by atoms with E-state index < -0.39 is 12.0 Å². The molecule has 0 spiro atoms. The molecular formula is C17H30N2O4. The Morgan fingerprint density at radius 3 is 2.04 bits per heavy atom. The monoisotopic (exact) mass is 326 g/mol. The quantitative estimate of drug-likeness (QED) is 0.666. The van der Waals surface area contributed by atoms with Crippen molar-refractivity contribution in [3.63, 3.8) is 0 Å². The third-order valence-corrected chi connectivity index (χ3v) is 4.28. The maximum Gasteiger partial charge on any atom is 0.306 e. The average molecular weight is 326 g/mol. The predicted molar refractivity (Wildman–Crippen MR) is 87.7 cm³/mol. The van der Waals surface area contributed by atoms with Crippen molar-refractivity contribution in [3.05, 3.63) is 0 Å². The lowest BCUT2D eigenvalue weighted by atomic mass is 9.86. The first-order valence-corrected chi connectivity index (χ1v) is 8.53. The molecule has 0 aromatic heterocycles. The lowest BCUT2D eigenvalue weighted by Gasteiger charge is -2.29. The van der Waals surface area contributed by atoms with Crippen LogP contribution in [0.5, 0.6) is 0 Å².